The van der Waals surface area contributed by atoms with Crippen molar-refractivity contribution in [3.05, 3.63) is 59.6 Å². The van der Waals surface area contributed by atoms with Crippen LogP contribution in [0.15, 0.2) is 47.2 Å². The van der Waals surface area contributed by atoms with Crippen LogP contribution in [0, 0.1) is 16.7 Å². The fourth-order valence-electron chi connectivity index (χ4n) is 2.37. The number of benzene rings is 1. The second kappa shape index (κ2) is 6.46. The van der Waals surface area contributed by atoms with Crippen molar-refractivity contribution in [2.75, 3.05) is 11.9 Å². The quantitative estimate of drug-likeness (QED) is 0.698. The minimum absolute atomic E-state index is 0.0775. The van der Waals surface area contributed by atoms with E-state index in [1.807, 2.05) is 24.3 Å². The van der Waals surface area contributed by atoms with Crippen LogP contribution in [-0.2, 0) is 0 Å². The van der Waals surface area contributed by atoms with Gasteiger partial charge in [-0.3, -0.25) is 5.41 Å². The van der Waals surface area contributed by atoms with Crippen molar-refractivity contribution >= 4 is 22.4 Å². The summed E-state index contributed by atoms with van der Waals surface area (Å²) in [6, 6.07) is 10.4. The highest BCUT2D eigenvalue weighted by molar-refractivity contribution is 6.19. The highest BCUT2D eigenvalue weighted by Crippen LogP contribution is 2.26. The summed E-state index contributed by atoms with van der Waals surface area (Å²) in [5.74, 6) is 0. The maximum Gasteiger partial charge on any atom is 0.255 e. The molecule has 0 saturated heterocycles. The van der Waals surface area contributed by atoms with E-state index in [1.54, 1.807) is 6.07 Å². The van der Waals surface area contributed by atoms with Gasteiger partial charge in [-0.15, -0.1) is 0 Å². The standard InChI is InChI=1S/C17H12F2N4O/c18-16(19)8-23-14-5-10(6-20)22-7-12(14)17(21)13-9-24-15-4-2-1-3-11(13)15/h1-5,7,9,16,21H,8H2,(H,22,23). The molecule has 0 unspecified atom stereocenters. The lowest BCUT2D eigenvalue weighted by Gasteiger charge is -2.12. The molecule has 5 nitrogen and oxygen atoms in total. The van der Waals surface area contributed by atoms with Gasteiger partial charge in [0.05, 0.1) is 12.3 Å². The van der Waals surface area contributed by atoms with E-state index >= 15 is 0 Å². The lowest BCUT2D eigenvalue weighted by atomic mass is 10.0. The molecule has 3 rings (SSSR count). The SMILES string of the molecule is N#Cc1cc(NCC(F)F)c(C(=N)c2coc3ccccc23)cn1. The smallest absolute Gasteiger partial charge is 0.255 e. The Morgan fingerprint density at radius 1 is 1.33 bits per heavy atom. The van der Waals surface area contributed by atoms with Gasteiger partial charge in [0.15, 0.2) is 0 Å². The van der Waals surface area contributed by atoms with Gasteiger partial charge in [0.1, 0.15) is 23.6 Å². The Labute approximate surface area is 136 Å². The van der Waals surface area contributed by atoms with Crippen molar-refractivity contribution in [2.24, 2.45) is 0 Å². The molecule has 0 aliphatic rings. The minimum atomic E-state index is -2.56. The van der Waals surface area contributed by atoms with Gasteiger partial charge in [0.25, 0.3) is 6.43 Å². The molecule has 0 spiro atoms. The fourth-order valence-corrected chi connectivity index (χ4v) is 2.37. The number of furan rings is 1. The molecule has 120 valence electrons. The Kier molecular flexibility index (Phi) is 4.20. The molecular weight excluding hydrogens is 314 g/mol. The number of rotatable bonds is 5. The van der Waals surface area contributed by atoms with Crippen LogP contribution in [0.5, 0.6) is 0 Å². The molecule has 2 N–H and O–H groups in total. The van der Waals surface area contributed by atoms with Crippen LogP contribution in [0.2, 0.25) is 0 Å². The normalized spacial score (nSPS) is 10.8. The third-order valence-corrected chi connectivity index (χ3v) is 3.48. The molecule has 0 aliphatic carbocycles. The number of alkyl halides is 2. The number of hydrogen-bond acceptors (Lipinski definition) is 5. The van der Waals surface area contributed by atoms with Gasteiger partial charge in [-0.25, -0.2) is 13.8 Å². The Hall–Kier alpha value is -3.27. The van der Waals surface area contributed by atoms with Crippen molar-refractivity contribution in [2.45, 2.75) is 6.43 Å². The van der Waals surface area contributed by atoms with E-state index in [0.29, 0.717) is 16.7 Å². The van der Waals surface area contributed by atoms with Crippen LogP contribution in [0.25, 0.3) is 11.0 Å². The third-order valence-electron chi connectivity index (χ3n) is 3.48. The number of hydrogen-bond donors (Lipinski definition) is 2. The van der Waals surface area contributed by atoms with Gasteiger partial charge in [-0.1, -0.05) is 18.2 Å². The lowest BCUT2D eigenvalue weighted by Crippen LogP contribution is -2.14. The zero-order chi connectivity index (χ0) is 17.1. The number of para-hydroxylation sites is 1. The van der Waals surface area contributed by atoms with Crippen molar-refractivity contribution < 1.29 is 13.2 Å². The number of pyridine rings is 1. The molecular formula is C17H12F2N4O. The summed E-state index contributed by atoms with van der Waals surface area (Å²) in [4.78, 5) is 3.94. The molecule has 24 heavy (non-hydrogen) atoms. The van der Waals surface area contributed by atoms with Crippen molar-refractivity contribution in [3.63, 3.8) is 0 Å². The summed E-state index contributed by atoms with van der Waals surface area (Å²) in [6.45, 7) is -0.582. The van der Waals surface area contributed by atoms with Crippen molar-refractivity contribution in [3.8, 4) is 6.07 Å². The van der Waals surface area contributed by atoms with Gasteiger partial charge in [-0.2, -0.15) is 5.26 Å². The number of nitrogens with zero attached hydrogens (tertiary/aromatic N) is 2. The average Bonchev–Trinajstić information content (AvgIpc) is 3.03. The van der Waals surface area contributed by atoms with E-state index in [4.69, 9.17) is 15.1 Å². The average molecular weight is 326 g/mol. The minimum Gasteiger partial charge on any atom is -0.464 e. The zero-order valence-electron chi connectivity index (χ0n) is 12.4. The van der Waals surface area contributed by atoms with E-state index in [2.05, 4.69) is 10.3 Å². The van der Waals surface area contributed by atoms with E-state index in [0.717, 1.165) is 5.39 Å². The number of anilines is 1. The van der Waals surface area contributed by atoms with Crippen LogP contribution in [-0.4, -0.2) is 23.7 Å². The molecule has 7 heteroatoms. The summed E-state index contributed by atoms with van der Waals surface area (Å²) in [6.07, 6.45) is 0.221. The number of fused-ring (bicyclic) bond motifs is 1. The van der Waals surface area contributed by atoms with Crippen molar-refractivity contribution in [1.82, 2.24) is 4.98 Å². The largest absolute Gasteiger partial charge is 0.464 e. The third kappa shape index (κ3) is 2.94. The first-order valence-electron chi connectivity index (χ1n) is 7.08. The molecule has 3 aromatic rings. The van der Waals surface area contributed by atoms with Crippen LogP contribution >= 0.6 is 0 Å². The second-order valence-corrected chi connectivity index (χ2v) is 5.02. The maximum atomic E-state index is 12.5. The van der Waals surface area contributed by atoms with E-state index < -0.39 is 13.0 Å². The Morgan fingerprint density at radius 2 is 2.12 bits per heavy atom. The number of nitrogens with one attached hydrogen (secondary N) is 2. The molecule has 0 saturated carbocycles. The number of aromatic nitrogens is 1. The predicted octanol–water partition coefficient (Wildman–Crippen LogP) is 3.79. The summed E-state index contributed by atoms with van der Waals surface area (Å²) >= 11 is 0. The molecule has 0 amide bonds. The van der Waals surface area contributed by atoms with Crippen LogP contribution in [0.1, 0.15) is 16.8 Å². The van der Waals surface area contributed by atoms with E-state index in [9.17, 15) is 8.78 Å². The topological polar surface area (TPSA) is 85.7 Å². The first-order chi connectivity index (χ1) is 11.6. The fraction of sp³-hybridized carbons (Fsp3) is 0.118. The van der Waals surface area contributed by atoms with Gasteiger partial charge in [0.2, 0.25) is 0 Å². The highest BCUT2D eigenvalue weighted by Gasteiger charge is 2.17. The number of halogens is 2. The van der Waals surface area contributed by atoms with E-state index in [-0.39, 0.29) is 17.1 Å². The Bertz CT molecular complexity index is 943. The van der Waals surface area contributed by atoms with Crippen LogP contribution in [0.4, 0.5) is 14.5 Å². The van der Waals surface area contributed by atoms with Crippen LogP contribution in [0.3, 0.4) is 0 Å². The molecule has 1 aromatic carbocycles. The van der Waals surface area contributed by atoms with Gasteiger partial charge >= 0.3 is 0 Å². The molecule has 2 aromatic heterocycles. The van der Waals surface area contributed by atoms with Gasteiger partial charge in [0, 0.05) is 28.4 Å². The molecule has 0 fully saturated rings. The molecule has 0 radical (unpaired) electrons. The Balaban J connectivity index is 2.04. The summed E-state index contributed by atoms with van der Waals surface area (Å²) in [7, 11) is 0. The molecule has 0 bridgehead atoms. The van der Waals surface area contributed by atoms with E-state index in [1.165, 1.54) is 18.5 Å². The van der Waals surface area contributed by atoms with Crippen molar-refractivity contribution in [1.29, 1.82) is 10.7 Å². The predicted molar refractivity (Wildman–Crippen MR) is 85.6 cm³/mol. The lowest BCUT2D eigenvalue weighted by molar-refractivity contribution is 0.163. The molecule has 0 atom stereocenters. The number of nitriles is 1. The van der Waals surface area contributed by atoms with Crippen LogP contribution < -0.4 is 5.32 Å². The highest BCUT2D eigenvalue weighted by atomic mass is 19.3. The molecule has 0 aliphatic heterocycles. The first kappa shape index (κ1) is 15.6. The maximum absolute atomic E-state index is 12.5. The Morgan fingerprint density at radius 3 is 2.88 bits per heavy atom. The van der Waals surface area contributed by atoms with Gasteiger partial charge in [-0.05, 0) is 12.1 Å². The summed E-state index contributed by atoms with van der Waals surface area (Å²) in [5.41, 5.74) is 1.89. The summed E-state index contributed by atoms with van der Waals surface area (Å²) < 4.78 is 30.4. The monoisotopic (exact) mass is 326 g/mol. The zero-order valence-corrected chi connectivity index (χ0v) is 12.4. The second-order valence-electron chi connectivity index (χ2n) is 5.02. The van der Waals surface area contributed by atoms with Gasteiger partial charge < -0.3 is 9.73 Å². The molecule has 2 heterocycles. The first-order valence-corrected chi connectivity index (χ1v) is 7.08. The summed E-state index contributed by atoms with van der Waals surface area (Å²) in [5, 5.41) is 20.7.